The van der Waals surface area contributed by atoms with Crippen LogP contribution in [0.3, 0.4) is 0 Å². The Balaban J connectivity index is 1.65. The molecule has 0 atom stereocenters. The van der Waals surface area contributed by atoms with Gasteiger partial charge in [-0.1, -0.05) is 48.0 Å². The van der Waals surface area contributed by atoms with Crippen molar-refractivity contribution in [2.75, 3.05) is 0 Å². The van der Waals surface area contributed by atoms with E-state index in [1.165, 1.54) is 44.4 Å². The zero-order valence-corrected chi connectivity index (χ0v) is 16.7. The fourth-order valence-corrected chi connectivity index (χ4v) is 4.04. The number of aryl methyl sites for hydroxylation is 2. The summed E-state index contributed by atoms with van der Waals surface area (Å²) in [7, 11) is 2.13. The summed E-state index contributed by atoms with van der Waals surface area (Å²) < 4.78 is 4.46. The van der Waals surface area contributed by atoms with Crippen molar-refractivity contribution in [2.24, 2.45) is 7.05 Å². The Morgan fingerprint density at radius 2 is 1.66 bits per heavy atom. The zero-order valence-electron chi connectivity index (χ0n) is 16.7. The highest BCUT2D eigenvalue weighted by atomic mass is 14.9. The van der Waals surface area contributed by atoms with Crippen molar-refractivity contribution in [3.63, 3.8) is 0 Å². The van der Waals surface area contributed by atoms with Crippen LogP contribution in [0.1, 0.15) is 16.8 Å². The molecule has 0 N–H and O–H groups in total. The van der Waals surface area contributed by atoms with Crippen LogP contribution in [-0.2, 0) is 7.05 Å². The molecule has 5 aromatic rings. The van der Waals surface area contributed by atoms with Crippen molar-refractivity contribution in [2.45, 2.75) is 6.92 Å². The number of hydrogen-bond acceptors (Lipinski definition) is 0. The standard InChI is InChI=1S/C27H23N2/c1-20-11-16-26-22(18-20)12-13-23(28(26)2)14-15-24-25(21-8-4-3-5-9-21)19-29-17-7-6-10-27(24)29/h3-19H,1-2H3/q+1. The molecule has 0 aliphatic heterocycles. The molecular formula is C27H23N2+. The maximum absolute atomic E-state index is 2.26. The summed E-state index contributed by atoms with van der Waals surface area (Å²) in [6.07, 6.45) is 8.78. The minimum absolute atomic E-state index is 1.18. The Hall–Kier alpha value is -3.65. The summed E-state index contributed by atoms with van der Waals surface area (Å²) >= 11 is 0. The predicted octanol–water partition coefficient (Wildman–Crippen LogP) is 6.06. The van der Waals surface area contributed by atoms with Crippen LogP contribution in [0.15, 0.2) is 91.3 Å². The first-order valence-corrected chi connectivity index (χ1v) is 9.93. The summed E-state index contributed by atoms with van der Waals surface area (Å²) in [5.74, 6) is 0. The lowest BCUT2D eigenvalue weighted by Crippen LogP contribution is -2.32. The van der Waals surface area contributed by atoms with E-state index in [4.69, 9.17) is 0 Å². The highest BCUT2D eigenvalue weighted by Gasteiger charge is 2.12. The van der Waals surface area contributed by atoms with E-state index in [2.05, 4.69) is 126 Å². The normalized spacial score (nSPS) is 11.7. The van der Waals surface area contributed by atoms with E-state index < -0.39 is 0 Å². The van der Waals surface area contributed by atoms with Gasteiger partial charge in [-0.05, 0) is 42.8 Å². The van der Waals surface area contributed by atoms with E-state index in [1.807, 2.05) is 0 Å². The maximum Gasteiger partial charge on any atom is 0.212 e. The van der Waals surface area contributed by atoms with Crippen molar-refractivity contribution in [1.29, 1.82) is 0 Å². The van der Waals surface area contributed by atoms with Gasteiger partial charge in [0, 0.05) is 47.1 Å². The first-order chi connectivity index (χ1) is 14.2. The quantitative estimate of drug-likeness (QED) is 0.339. The number of hydrogen-bond donors (Lipinski definition) is 0. The fraction of sp³-hybridized carbons (Fsp3) is 0.0741. The second kappa shape index (κ2) is 7.06. The molecule has 0 saturated heterocycles. The topological polar surface area (TPSA) is 8.29 Å². The average molecular weight is 375 g/mol. The second-order valence-electron chi connectivity index (χ2n) is 7.53. The molecule has 0 spiro atoms. The van der Waals surface area contributed by atoms with Crippen molar-refractivity contribution in [1.82, 2.24) is 4.40 Å². The van der Waals surface area contributed by atoms with Gasteiger partial charge in [-0.25, -0.2) is 0 Å². The maximum atomic E-state index is 2.26. The van der Waals surface area contributed by atoms with E-state index in [1.54, 1.807) is 0 Å². The van der Waals surface area contributed by atoms with E-state index >= 15 is 0 Å². The van der Waals surface area contributed by atoms with Crippen LogP contribution in [0.5, 0.6) is 0 Å². The second-order valence-corrected chi connectivity index (χ2v) is 7.53. The summed E-state index contributed by atoms with van der Waals surface area (Å²) in [4.78, 5) is 0. The number of aromatic nitrogens is 2. The van der Waals surface area contributed by atoms with E-state index in [0.29, 0.717) is 0 Å². The van der Waals surface area contributed by atoms with Crippen molar-refractivity contribution < 1.29 is 4.57 Å². The van der Waals surface area contributed by atoms with Gasteiger partial charge in [0.15, 0.2) is 0 Å². The van der Waals surface area contributed by atoms with Gasteiger partial charge in [0.25, 0.3) is 0 Å². The molecule has 0 aliphatic rings. The largest absolute Gasteiger partial charge is 0.323 e. The van der Waals surface area contributed by atoms with Crippen LogP contribution in [0.2, 0.25) is 0 Å². The molecular weight excluding hydrogens is 352 g/mol. The minimum atomic E-state index is 1.18. The van der Waals surface area contributed by atoms with Gasteiger partial charge in [-0.3, -0.25) is 0 Å². The van der Waals surface area contributed by atoms with Gasteiger partial charge < -0.3 is 4.40 Å². The Morgan fingerprint density at radius 3 is 2.52 bits per heavy atom. The molecule has 2 nitrogen and oxygen atoms in total. The smallest absolute Gasteiger partial charge is 0.212 e. The summed E-state index contributed by atoms with van der Waals surface area (Å²) in [6, 6.07) is 27.9. The number of nitrogens with zero attached hydrogens (tertiary/aromatic N) is 2. The van der Waals surface area contributed by atoms with Crippen LogP contribution in [0.25, 0.3) is 39.7 Å². The van der Waals surface area contributed by atoms with Crippen LogP contribution in [0.4, 0.5) is 0 Å². The molecule has 29 heavy (non-hydrogen) atoms. The molecule has 0 amide bonds. The first kappa shape index (κ1) is 17.4. The molecule has 0 fully saturated rings. The Labute approximate surface area is 171 Å². The third kappa shape index (κ3) is 3.13. The van der Waals surface area contributed by atoms with E-state index in [-0.39, 0.29) is 0 Å². The highest BCUT2D eigenvalue weighted by Crippen LogP contribution is 2.30. The number of rotatable bonds is 3. The van der Waals surface area contributed by atoms with Crippen LogP contribution in [-0.4, -0.2) is 4.40 Å². The Kier molecular flexibility index (Phi) is 4.25. The number of pyridine rings is 2. The fourth-order valence-electron chi connectivity index (χ4n) is 4.04. The summed E-state index contributed by atoms with van der Waals surface area (Å²) in [6.45, 7) is 2.14. The highest BCUT2D eigenvalue weighted by molar-refractivity contribution is 5.89. The van der Waals surface area contributed by atoms with Gasteiger partial charge in [-0.2, -0.15) is 4.57 Å². The average Bonchev–Trinajstić information content (AvgIpc) is 3.12. The van der Waals surface area contributed by atoms with Crippen LogP contribution < -0.4 is 4.57 Å². The minimum Gasteiger partial charge on any atom is -0.323 e. The molecule has 2 heteroatoms. The molecule has 0 bridgehead atoms. The van der Waals surface area contributed by atoms with Crippen molar-refractivity contribution in [3.05, 3.63) is 108 Å². The van der Waals surface area contributed by atoms with Gasteiger partial charge in [0.2, 0.25) is 11.2 Å². The van der Waals surface area contributed by atoms with E-state index in [9.17, 15) is 0 Å². The Bertz CT molecular complexity index is 1360. The van der Waals surface area contributed by atoms with Gasteiger partial charge >= 0.3 is 0 Å². The Morgan fingerprint density at radius 1 is 0.828 bits per heavy atom. The van der Waals surface area contributed by atoms with Crippen molar-refractivity contribution >= 4 is 28.6 Å². The lowest BCUT2D eigenvalue weighted by atomic mass is 10.0. The molecule has 2 aromatic carbocycles. The molecule has 3 aromatic heterocycles. The van der Waals surface area contributed by atoms with Gasteiger partial charge in [0.1, 0.15) is 7.05 Å². The molecule has 0 saturated carbocycles. The first-order valence-electron chi connectivity index (χ1n) is 9.93. The van der Waals surface area contributed by atoms with Crippen molar-refractivity contribution in [3.8, 4) is 11.1 Å². The zero-order chi connectivity index (χ0) is 19.8. The molecule has 0 unspecified atom stereocenters. The summed E-state index contributed by atoms with van der Waals surface area (Å²) in [5.41, 5.74) is 8.62. The lowest BCUT2D eigenvalue weighted by Gasteiger charge is -2.03. The molecule has 0 radical (unpaired) electrons. The monoisotopic (exact) mass is 375 g/mol. The lowest BCUT2D eigenvalue weighted by molar-refractivity contribution is -0.646. The molecule has 140 valence electrons. The molecule has 3 heterocycles. The number of fused-ring (bicyclic) bond motifs is 2. The van der Waals surface area contributed by atoms with Gasteiger partial charge in [-0.15, -0.1) is 0 Å². The number of benzene rings is 2. The van der Waals surface area contributed by atoms with Gasteiger partial charge in [0.05, 0.1) is 5.52 Å². The predicted molar refractivity (Wildman–Crippen MR) is 122 cm³/mol. The third-order valence-corrected chi connectivity index (χ3v) is 5.60. The molecule has 0 aliphatic carbocycles. The van der Waals surface area contributed by atoms with Crippen LogP contribution in [0, 0.1) is 6.92 Å². The summed E-state index contributed by atoms with van der Waals surface area (Å²) in [5, 5.41) is 1.27. The third-order valence-electron chi connectivity index (χ3n) is 5.60. The molecule has 5 rings (SSSR count). The van der Waals surface area contributed by atoms with Crippen LogP contribution >= 0.6 is 0 Å². The van der Waals surface area contributed by atoms with E-state index in [0.717, 1.165) is 0 Å². The SMILES string of the molecule is Cc1ccc2c(ccc(/C=C/c3c(-c4ccccc4)cn4ccccc34)[n+]2C)c1.